The van der Waals surface area contributed by atoms with Gasteiger partial charge in [-0.2, -0.15) is 0 Å². The van der Waals surface area contributed by atoms with Crippen LogP contribution in [0.15, 0.2) is 0 Å². The smallest absolute Gasteiger partial charge is 0.102 e. The molecule has 0 radical (unpaired) electrons. The number of nitrogens with two attached hydrogens (primary N) is 1. The summed E-state index contributed by atoms with van der Waals surface area (Å²) in [5.74, 6) is 0. The first-order chi connectivity index (χ1) is 5.31. The van der Waals surface area contributed by atoms with Gasteiger partial charge in [-0.3, -0.25) is 0 Å². The van der Waals surface area contributed by atoms with E-state index in [0.29, 0.717) is 19.3 Å². The summed E-state index contributed by atoms with van der Waals surface area (Å²) in [6.45, 7) is 0.424. The summed E-state index contributed by atoms with van der Waals surface area (Å²) in [4.78, 5) is 9.65. The molecule has 0 bridgehead atoms. The first-order valence-electron chi connectivity index (χ1n) is 2.65. The van der Waals surface area contributed by atoms with Crippen LogP contribution >= 0.6 is 37.7 Å². The zero-order valence-corrected chi connectivity index (χ0v) is 11.2. The molecule has 80 valence electrons. The second-order valence-corrected chi connectivity index (χ2v) is 21.3. The predicted molar refractivity (Wildman–Crippen MR) is 51.3 cm³/mol. The normalized spacial score (nSPS) is 14.2. The largest absolute Gasteiger partial charge is 0.669 e. The van der Waals surface area contributed by atoms with E-state index in [9.17, 15) is 4.79 Å². The zero-order chi connectivity index (χ0) is 10.2. The van der Waals surface area contributed by atoms with Crippen molar-refractivity contribution >= 4 is 44.0 Å². The van der Waals surface area contributed by atoms with Crippen LogP contribution in [0.25, 0.3) is 5.73 Å². The molecule has 0 aromatic heterocycles. The summed E-state index contributed by atoms with van der Waals surface area (Å²) < 4.78 is 0. The summed E-state index contributed by atoms with van der Waals surface area (Å²) in [7, 11) is 20.0. The average molecular weight is 438 g/mol. The van der Waals surface area contributed by atoms with Crippen molar-refractivity contribution in [1.29, 1.82) is 0 Å². The molecule has 0 amide bonds. The average Bonchev–Trinajstić information content (AvgIpc) is 1.85. The van der Waals surface area contributed by atoms with Crippen LogP contribution in [0.3, 0.4) is 0 Å². The Hall–Kier alpha value is 1.44. The Labute approximate surface area is 90.6 Å². The molecule has 0 aliphatic rings. The molecule has 0 aromatic carbocycles. The first kappa shape index (κ1) is 15.9. The monoisotopic (exact) mass is 436 g/mol. The van der Waals surface area contributed by atoms with E-state index in [1.165, 1.54) is 0 Å². The minimum atomic E-state index is -3.06. The van der Waals surface area contributed by atoms with Gasteiger partial charge in [-0.15, -0.1) is 0 Å². The van der Waals surface area contributed by atoms with Crippen molar-refractivity contribution in [3.05, 3.63) is 5.73 Å². The number of rotatable bonds is 3. The van der Waals surface area contributed by atoms with Crippen LogP contribution in [-0.2, 0) is 16.7 Å². The fourth-order valence-electron chi connectivity index (χ4n) is 0.248. The molecule has 0 rings (SSSR count). The van der Waals surface area contributed by atoms with Crippen LogP contribution in [0, 0.1) is 0 Å². The van der Waals surface area contributed by atoms with E-state index >= 15 is 0 Å². The van der Waals surface area contributed by atoms with Gasteiger partial charge < -0.3 is 16.3 Å². The molecule has 0 heterocycles. The topological polar surface area (TPSA) is 66.9 Å². The molecule has 3 nitrogen and oxygen atoms in total. The number of halogens is 4. The molecule has 1 unspecified atom stereocenters. The van der Waals surface area contributed by atoms with Gasteiger partial charge >= 0.3 is 49.6 Å². The summed E-state index contributed by atoms with van der Waals surface area (Å²) >= 11 is -3.06. The fraction of sp³-hybridized carbons (Fsp3) is 0.750. The Morgan fingerprint density at radius 1 is 1.42 bits per heavy atom. The van der Waals surface area contributed by atoms with Crippen molar-refractivity contribution in [3.8, 4) is 0 Å². The maximum Gasteiger partial charge on any atom is 0.102 e. The van der Waals surface area contributed by atoms with Crippen molar-refractivity contribution in [2.24, 2.45) is 5.73 Å². The quantitative estimate of drug-likeness (QED) is 0.690. The van der Waals surface area contributed by atoms with Crippen LogP contribution in [0.1, 0.15) is 6.42 Å². The number of carbonyl (C=O) groups excluding carboxylic acids is 1. The molecule has 1 atom stereocenters. The van der Waals surface area contributed by atoms with Crippen molar-refractivity contribution in [2.45, 2.75) is 12.5 Å². The third-order valence-corrected chi connectivity index (χ3v) is 0.642. The van der Waals surface area contributed by atoms with Gasteiger partial charge in [0.05, 0.1) is 0 Å². The molecule has 0 spiro atoms. The van der Waals surface area contributed by atoms with Crippen molar-refractivity contribution in [3.63, 3.8) is 0 Å². The third kappa shape index (κ3) is 30.1. The van der Waals surface area contributed by atoms with E-state index in [1.54, 1.807) is 0 Å². The molecular weight excluding hydrogens is 429 g/mol. The molecule has 0 aliphatic carbocycles. The van der Waals surface area contributed by atoms with Gasteiger partial charge in [0.25, 0.3) is 0 Å². The number of carbonyl (C=O) groups is 1. The van der Waals surface area contributed by atoms with E-state index in [1.807, 2.05) is 0 Å². The zero-order valence-electron chi connectivity index (χ0n) is 5.88. The SMILES string of the molecule is [Cl][Pt]([Cl])([Cl])[Cl].[NH-]C(C=O)CCN. The summed E-state index contributed by atoms with van der Waals surface area (Å²) in [6.07, 6.45) is 1.07. The third-order valence-electron chi connectivity index (χ3n) is 0.642. The predicted octanol–water partition coefficient (Wildman–Crippen LogP) is 2.71. The molecule has 0 saturated carbocycles. The number of nitrogens with one attached hydrogen (secondary N) is 1. The Balaban J connectivity index is 0. The molecule has 0 aromatic rings. The standard InChI is InChI=1S/C4H9N2O.4ClH.Pt/c5-2-1-4(6)3-7;;;;;/h3-4,6H,1-2,5H2;4*1H;/q-1;;;;;+4/p-4. The van der Waals surface area contributed by atoms with Crippen molar-refractivity contribution in [1.82, 2.24) is 0 Å². The van der Waals surface area contributed by atoms with Gasteiger partial charge in [0.15, 0.2) is 0 Å². The number of aldehydes is 1. The van der Waals surface area contributed by atoms with E-state index in [4.69, 9.17) is 49.1 Å². The van der Waals surface area contributed by atoms with Crippen molar-refractivity contribution < 1.29 is 16.7 Å². The Bertz CT molecular complexity index is 114. The maximum absolute atomic E-state index is 9.65. The minimum Gasteiger partial charge on any atom is -0.669 e. The first-order valence-corrected chi connectivity index (χ1v) is 13.9. The summed E-state index contributed by atoms with van der Waals surface area (Å²) in [5, 5.41) is 0. The molecule has 12 heavy (non-hydrogen) atoms. The van der Waals surface area contributed by atoms with E-state index in [0.717, 1.165) is 0 Å². The van der Waals surface area contributed by atoms with Gasteiger partial charge in [0, 0.05) is 0 Å². The van der Waals surface area contributed by atoms with E-state index in [2.05, 4.69) is 0 Å². The second kappa shape index (κ2) is 9.01. The van der Waals surface area contributed by atoms with Crippen LogP contribution in [-0.4, -0.2) is 18.9 Å². The van der Waals surface area contributed by atoms with Crippen LogP contribution in [0.2, 0.25) is 0 Å². The molecular formula is C4H9Cl4N2OPt-. The number of hydrogen-bond donors (Lipinski definition) is 1. The van der Waals surface area contributed by atoms with E-state index < -0.39 is 17.9 Å². The number of hydrogen-bond acceptors (Lipinski definition) is 2. The van der Waals surface area contributed by atoms with Gasteiger partial charge in [0.1, 0.15) is 6.29 Å². The van der Waals surface area contributed by atoms with Gasteiger partial charge in [-0.05, 0) is 6.54 Å². The van der Waals surface area contributed by atoms with Gasteiger partial charge in [-0.1, -0.05) is 12.5 Å². The molecule has 0 saturated heterocycles. The van der Waals surface area contributed by atoms with Crippen molar-refractivity contribution in [2.75, 3.05) is 6.54 Å². The molecule has 0 fully saturated rings. The maximum atomic E-state index is 9.65. The summed E-state index contributed by atoms with van der Waals surface area (Å²) in [6, 6.07) is -0.606. The molecule has 8 heteroatoms. The van der Waals surface area contributed by atoms with Crippen LogP contribution in [0.4, 0.5) is 0 Å². The Morgan fingerprint density at radius 2 is 1.75 bits per heavy atom. The van der Waals surface area contributed by atoms with Gasteiger partial charge in [0.2, 0.25) is 0 Å². The Morgan fingerprint density at radius 3 is 1.83 bits per heavy atom. The van der Waals surface area contributed by atoms with E-state index in [-0.39, 0.29) is 0 Å². The minimum absolute atomic E-state index is 0.424. The summed E-state index contributed by atoms with van der Waals surface area (Å²) in [5.41, 5.74) is 11.8. The fourth-order valence-corrected chi connectivity index (χ4v) is 0.248. The van der Waals surface area contributed by atoms with Crippen LogP contribution < -0.4 is 5.73 Å². The Kier molecular flexibility index (Phi) is 11.9. The molecule has 0 aliphatic heterocycles. The van der Waals surface area contributed by atoms with Crippen LogP contribution in [0.5, 0.6) is 0 Å². The second-order valence-electron chi connectivity index (χ2n) is 1.59. The molecule has 3 N–H and O–H groups in total. The van der Waals surface area contributed by atoms with Gasteiger partial charge in [-0.25, -0.2) is 0 Å².